The van der Waals surface area contributed by atoms with E-state index in [4.69, 9.17) is 14.2 Å². The SMILES string of the molecule is CO[C@@H](C)[C@H]1C[C@H](C)[C@H]([C@@H](C)/C=C/C(=O)CC[C@@H](C)COCc2ccccc2)O1. The van der Waals surface area contributed by atoms with Crippen LogP contribution in [0.1, 0.15) is 52.5 Å². The van der Waals surface area contributed by atoms with Crippen LogP contribution < -0.4 is 0 Å². The van der Waals surface area contributed by atoms with Crippen molar-refractivity contribution in [2.45, 2.75) is 71.9 Å². The zero-order chi connectivity index (χ0) is 21.2. The summed E-state index contributed by atoms with van der Waals surface area (Å²) in [4.78, 5) is 12.3. The Morgan fingerprint density at radius 1 is 1.24 bits per heavy atom. The van der Waals surface area contributed by atoms with E-state index in [9.17, 15) is 4.79 Å². The summed E-state index contributed by atoms with van der Waals surface area (Å²) in [5.41, 5.74) is 1.18. The van der Waals surface area contributed by atoms with Crippen LogP contribution in [0.25, 0.3) is 0 Å². The predicted molar refractivity (Wildman–Crippen MR) is 117 cm³/mol. The summed E-state index contributed by atoms with van der Waals surface area (Å²) in [6.45, 7) is 9.83. The summed E-state index contributed by atoms with van der Waals surface area (Å²) in [6, 6.07) is 10.2. The average Bonchev–Trinajstić information content (AvgIpc) is 3.12. The van der Waals surface area contributed by atoms with Gasteiger partial charge in [-0.2, -0.15) is 0 Å². The Hall–Kier alpha value is -1.49. The number of ketones is 1. The fourth-order valence-corrected chi connectivity index (χ4v) is 3.86. The molecule has 1 aromatic carbocycles. The lowest BCUT2D eigenvalue weighted by atomic mass is 9.91. The molecule has 2 rings (SSSR count). The number of hydrogen-bond acceptors (Lipinski definition) is 4. The van der Waals surface area contributed by atoms with Gasteiger partial charge in [-0.1, -0.05) is 57.2 Å². The molecule has 0 amide bonds. The third kappa shape index (κ3) is 8.04. The number of benzene rings is 1. The van der Waals surface area contributed by atoms with Gasteiger partial charge in [0.1, 0.15) is 0 Å². The first-order chi connectivity index (χ1) is 13.9. The number of rotatable bonds is 12. The van der Waals surface area contributed by atoms with Gasteiger partial charge in [-0.25, -0.2) is 0 Å². The van der Waals surface area contributed by atoms with E-state index in [1.807, 2.05) is 24.3 Å². The van der Waals surface area contributed by atoms with Crippen molar-refractivity contribution >= 4 is 5.78 Å². The number of carbonyl (C=O) groups is 1. The second-order valence-electron chi connectivity index (χ2n) is 8.62. The maximum Gasteiger partial charge on any atom is 0.155 e. The van der Waals surface area contributed by atoms with Gasteiger partial charge >= 0.3 is 0 Å². The lowest BCUT2D eigenvalue weighted by Gasteiger charge is -2.22. The van der Waals surface area contributed by atoms with Gasteiger partial charge in [-0.05, 0) is 43.2 Å². The monoisotopic (exact) mass is 402 g/mol. The van der Waals surface area contributed by atoms with Crippen LogP contribution in [0.3, 0.4) is 0 Å². The summed E-state index contributed by atoms with van der Waals surface area (Å²) in [5, 5.41) is 0. The van der Waals surface area contributed by atoms with Gasteiger partial charge in [0.25, 0.3) is 0 Å². The van der Waals surface area contributed by atoms with Crippen LogP contribution in [0.4, 0.5) is 0 Å². The number of hydrogen-bond donors (Lipinski definition) is 0. The van der Waals surface area contributed by atoms with Crippen molar-refractivity contribution in [1.29, 1.82) is 0 Å². The van der Waals surface area contributed by atoms with Gasteiger partial charge in [0, 0.05) is 26.1 Å². The van der Waals surface area contributed by atoms with Crippen molar-refractivity contribution in [3.63, 3.8) is 0 Å². The first-order valence-electron chi connectivity index (χ1n) is 10.9. The molecule has 4 nitrogen and oxygen atoms in total. The van der Waals surface area contributed by atoms with Crippen LogP contribution in [-0.2, 0) is 25.6 Å². The number of ether oxygens (including phenoxy) is 3. The minimum Gasteiger partial charge on any atom is -0.379 e. The van der Waals surface area contributed by atoms with Crippen molar-refractivity contribution in [1.82, 2.24) is 0 Å². The second kappa shape index (κ2) is 12.3. The predicted octanol–water partition coefficient (Wildman–Crippen LogP) is 5.21. The minimum absolute atomic E-state index is 0.103. The molecule has 1 heterocycles. The van der Waals surface area contributed by atoms with E-state index in [0.717, 1.165) is 12.8 Å². The zero-order valence-corrected chi connectivity index (χ0v) is 18.7. The largest absolute Gasteiger partial charge is 0.379 e. The van der Waals surface area contributed by atoms with E-state index in [1.165, 1.54) is 5.56 Å². The molecule has 0 aromatic heterocycles. The molecule has 0 unspecified atom stereocenters. The molecule has 1 saturated heterocycles. The average molecular weight is 403 g/mol. The topological polar surface area (TPSA) is 44.8 Å². The van der Waals surface area contributed by atoms with Crippen LogP contribution in [0.15, 0.2) is 42.5 Å². The highest BCUT2D eigenvalue weighted by molar-refractivity contribution is 5.89. The van der Waals surface area contributed by atoms with Crippen molar-refractivity contribution in [2.24, 2.45) is 17.8 Å². The first-order valence-corrected chi connectivity index (χ1v) is 10.9. The molecule has 4 heteroatoms. The minimum atomic E-state index is 0.103. The van der Waals surface area contributed by atoms with E-state index in [2.05, 4.69) is 39.8 Å². The van der Waals surface area contributed by atoms with E-state index >= 15 is 0 Å². The fourth-order valence-electron chi connectivity index (χ4n) is 3.86. The highest BCUT2D eigenvalue weighted by atomic mass is 16.5. The summed E-state index contributed by atoms with van der Waals surface area (Å²) in [5.74, 6) is 1.23. The fraction of sp³-hybridized carbons (Fsp3) is 0.640. The maximum absolute atomic E-state index is 12.3. The third-order valence-corrected chi connectivity index (χ3v) is 5.89. The van der Waals surface area contributed by atoms with Crippen molar-refractivity contribution < 1.29 is 19.0 Å². The Balaban J connectivity index is 1.66. The third-order valence-electron chi connectivity index (χ3n) is 5.89. The number of methoxy groups -OCH3 is 1. The van der Waals surface area contributed by atoms with Crippen molar-refractivity contribution in [3.8, 4) is 0 Å². The lowest BCUT2D eigenvalue weighted by Crippen LogP contribution is -2.27. The Labute approximate surface area is 176 Å². The molecule has 0 spiro atoms. The molecular weight excluding hydrogens is 364 g/mol. The highest BCUT2D eigenvalue weighted by Crippen LogP contribution is 2.33. The van der Waals surface area contributed by atoms with Crippen molar-refractivity contribution in [3.05, 3.63) is 48.0 Å². The van der Waals surface area contributed by atoms with Gasteiger partial charge in [-0.15, -0.1) is 0 Å². The molecule has 0 saturated carbocycles. The Morgan fingerprint density at radius 3 is 2.66 bits per heavy atom. The van der Waals surface area contributed by atoms with Gasteiger partial charge in [-0.3, -0.25) is 4.79 Å². The van der Waals surface area contributed by atoms with Crippen LogP contribution in [0.5, 0.6) is 0 Å². The summed E-state index contributed by atoms with van der Waals surface area (Å²) in [7, 11) is 1.72. The zero-order valence-electron chi connectivity index (χ0n) is 18.7. The maximum atomic E-state index is 12.3. The van der Waals surface area contributed by atoms with Gasteiger partial charge in [0.05, 0.1) is 24.9 Å². The molecule has 1 fully saturated rings. The molecule has 0 N–H and O–H groups in total. The van der Waals surface area contributed by atoms with Crippen LogP contribution in [0, 0.1) is 17.8 Å². The Kier molecular flexibility index (Phi) is 10.1. The molecule has 1 aromatic rings. The van der Waals surface area contributed by atoms with Crippen molar-refractivity contribution in [2.75, 3.05) is 13.7 Å². The molecule has 1 aliphatic heterocycles. The Morgan fingerprint density at radius 2 is 1.97 bits per heavy atom. The molecular formula is C25H38O4. The van der Waals surface area contributed by atoms with Gasteiger partial charge in [0.15, 0.2) is 5.78 Å². The molecule has 1 aliphatic rings. The highest BCUT2D eigenvalue weighted by Gasteiger charge is 2.37. The molecule has 162 valence electrons. The molecule has 0 bridgehead atoms. The first kappa shape index (κ1) is 23.8. The molecule has 0 radical (unpaired) electrons. The standard InChI is InChI=1S/C25H38O4/c1-18(16-28-17-22-9-7-6-8-10-22)11-13-23(26)14-12-19(2)25-20(3)15-24(29-25)21(4)27-5/h6-10,12,14,18-21,24-25H,11,13,15-17H2,1-5H3/b14-12+/t18-,19+,20+,21+,24-,25+/m1/s1. The van der Waals surface area contributed by atoms with E-state index in [-0.39, 0.29) is 30.0 Å². The smallest absolute Gasteiger partial charge is 0.155 e. The lowest BCUT2D eigenvalue weighted by molar-refractivity contribution is -0.115. The summed E-state index contributed by atoms with van der Waals surface area (Å²) in [6.07, 6.45) is 6.55. The van der Waals surface area contributed by atoms with E-state index in [1.54, 1.807) is 13.2 Å². The van der Waals surface area contributed by atoms with E-state index < -0.39 is 0 Å². The summed E-state index contributed by atoms with van der Waals surface area (Å²) >= 11 is 0. The van der Waals surface area contributed by atoms with Crippen LogP contribution >= 0.6 is 0 Å². The van der Waals surface area contributed by atoms with Gasteiger partial charge in [0.2, 0.25) is 0 Å². The molecule has 6 atom stereocenters. The van der Waals surface area contributed by atoms with Crippen LogP contribution in [-0.4, -0.2) is 37.8 Å². The number of allylic oxidation sites excluding steroid dienone is 1. The summed E-state index contributed by atoms with van der Waals surface area (Å²) < 4.78 is 17.4. The second-order valence-corrected chi connectivity index (χ2v) is 8.62. The van der Waals surface area contributed by atoms with Gasteiger partial charge < -0.3 is 14.2 Å². The quantitative estimate of drug-likeness (QED) is 0.450. The molecule has 0 aliphatic carbocycles. The van der Waals surface area contributed by atoms with E-state index in [0.29, 0.717) is 31.5 Å². The van der Waals surface area contributed by atoms with Crippen LogP contribution in [0.2, 0.25) is 0 Å². The molecule has 29 heavy (non-hydrogen) atoms. The normalized spacial score (nSPS) is 25.2. The Bertz CT molecular complexity index is 627. The number of carbonyl (C=O) groups excluding carboxylic acids is 1.